The number of amides is 2. The van der Waals surface area contributed by atoms with E-state index in [1.807, 2.05) is 23.1 Å². The molecule has 148 valence electrons. The molecular weight excluding hydrogens is 359 g/mol. The van der Waals surface area contributed by atoms with Gasteiger partial charge < -0.3 is 14.6 Å². The van der Waals surface area contributed by atoms with Crippen LogP contribution in [0, 0.1) is 5.82 Å². The van der Waals surface area contributed by atoms with Gasteiger partial charge in [-0.25, -0.2) is 4.39 Å². The smallest absolute Gasteiger partial charge is 0.222 e. The van der Waals surface area contributed by atoms with Gasteiger partial charge in [-0.3, -0.25) is 9.59 Å². The number of halogens is 1. The Hall–Kier alpha value is -2.63. The SMILES string of the molecule is O=C1CCC(CCC(=O)N2CCC(c3ccccc3F)C2)(Cc2ccco2)N1. The molecule has 0 bridgehead atoms. The van der Waals surface area contributed by atoms with Crippen molar-refractivity contribution < 1.29 is 18.4 Å². The molecular formula is C22H25FN2O3. The van der Waals surface area contributed by atoms with Crippen LogP contribution in [0.2, 0.25) is 0 Å². The Morgan fingerprint density at radius 3 is 2.86 bits per heavy atom. The van der Waals surface area contributed by atoms with Crippen LogP contribution >= 0.6 is 0 Å². The van der Waals surface area contributed by atoms with Crippen molar-refractivity contribution in [1.82, 2.24) is 10.2 Å². The fraction of sp³-hybridized carbons (Fsp3) is 0.455. The standard InChI is InChI=1S/C22H25FN2O3/c23-19-6-2-1-5-18(19)16-9-12-25(15-16)21(27)8-11-22(10-7-20(26)24-22)14-17-4-3-13-28-17/h1-6,13,16H,7-12,14-15H2,(H,24,26). The molecule has 28 heavy (non-hydrogen) atoms. The van der Waals surface area contributed by atoms with E-state index in [1.54, 1.807) is 18.4 Å². The lowest BCUT2D eigenvalue weighted by molar-refractivity contribution is -0.131. The molecule has 0 saturated carbocycles. The summed E-state index contributed by atoms with van der Waals surface area (Å²) < 4.78 is 19.5. The van der Waals surface area contributed by atoms with Gasteiger partial charge >= 0.3 is 0 Å². The minimum Gasteiger partial charge on any atom is -0.469 e. The molecule has 0 radical (unpaired) electrons. The van der Waals surface area contributed by atoms with Crippen LogP contribution in [0.25, 0.3) is 0 Å². The number of nitrogens with one attached hydrogen (secondary N) is 1. The summed E-state index contributed by atoms with van der Waals surface area (Å²) in [6.45, 7) is 1.20. The molecule has 2 fully saturated rings. The highest BCUT2D eigenvalue weighted by Crippen LogP contribution is 2.32. The molecule has 0 aliphatic carbocycles. The highest BCUT2D eigenvalue weighted by atomic mass is 19.1. The first-order valence-electron chi connectivity index (χ1n) is 9.90. The number of furan rings is 1. The lowest BCUT2D eigenvalue weighted by Crippen LogP contribution is -2.44. The predicted molar refractivity (Wildman–Crippen MR) is 102 cm³/mol. The van der Waals surface area contributed by atoms with Crippen molar-refractivity contribution in [3.8, 4) is 0 Å². The summed E-state index contributed by atoms with van der Waals surface area (Å²) in [5.74, 6) is 0.760. The Morgan fingerprint density at radius 1 is 1.29 bits per heavy atom. The third-order valence-electron chi connectivity index (χ3n) is 6.03. The summed E-state index contributed by atoms with van der Waals surface area (Å²) in [5.41, 5.74) is 0.269. The van der Waals surface area contributed by atoms with Gasteiger partial charge in [0.1, 0.15) is 11.6 Å². The van der Waals surface area contributed by atoms with E-state index >= 15 is 0 Å². The van der Waals surface area contributed by atoms with Gasteiger partial charge in [-0.05, 0) is 43.0 Å². The molecule has 1 aromatic carbocycles. The topological polar surface area (TPSA) is 62.6 Å². The van der Waals surface area contributed by atoms with E-state index in [4.69, 9.17) is 4.42 Å². The quantitative estimate of drug-likeness (QED) is 0.830. The summed E-state index contributed by atoms with van der Waals surface area (Å²) in [4.78, 5) is 26.5. The minimum atomic E-state index is -0.421. The maximum atomic E-state index is 14.0. The van der Waals surface area contributed by atoms with E-state index in [-0.39, 0.29) is 23.5 Å². The number of carbonyl (C=O) groups excluding carboxylic acids is 2. The zero-order valence-electron chi connectivity index (χ0n) is 15.8. The molecule has 2 atom stereocenters. The van der Waals surface area contributed by atoms with Crippen molar-refractivity contribution in [2.75, 3.05) is 13.1 Å². The van der Waals surface area contributed by atoms with Gasteiger partial charge in [0, 0.05) is 43.8 Å². The number of hydrogen-bond acceptors (Lipinski definition) is 3. The van der Waals surface area contributed by atoms with Gasteiger partial charge in [0.15, 0.2) is 0 Å². The third-order valence-corrected chi connectivity index (χ3v) is 6.03. The monoisotopic (exact) mass is 384 g/mol. The van der Waals surface area contributed by atoms with Crippen LogP contribution in [0.5, 0.6) is 0 Å². The van der Waals surface area contributed by atoms with Gasteiger partial charge in [-0.2, -0.15) is 0 Å². The fourth-order valence-electron chi connectivity index (χ4n) is 4.48. The zero-order chi connectivity index (χ0) is 19.6. The van der Waals surface area contributed by atoms with Crippen molar-refractivity contribution >= 4 is 11.8 Å². The van der Waals surface area contributed by atoms with Crippen molar-refractivity contribution in [3.63, 3.8) is 0 Å². The van der Waals surface area contributed by atoms with Gasteiger partial charge in [-0.1, -0.05) is 18.2 Å². The van der Waals surface area contributed by atoms with Crippen LogP contribution in [-0.2, 0) is 16.0 Å². The van der Waals surface area contributed by atoms with E-state index < -0.39 is 5.54 Å². The maximum Gasteiger partial charge on any atom is 0.222 e. The first kappa shape index (κ1) is 18.7. The van der Waals surface area contributed by atoms with Gasteiger partial charge in [-0.15, -0.1) is 0 Å². The van der Waals surface area contributed by atoms with Crippen LogP contribution in [0.1, 0.15) is 49.3 Å². The van der Waals surface area contributed by atoms with Crippen molar-refractivity contribution in [2.24, 2.45) is 0 Å². The molecule has 1 N–H and O–H groups in total. The number of hydrogen-bond donors (Lipinski definition) is 1. The van der Waals surface area contributed by atoms with E-state index in [1.165, 1.54) is 6.07 Å². The first-order chi connectivity index (χ1) is 13.5. The molecule has 2 saturated heterocycles. The van der Waals surface area contributed by atoms with E-state index in [0.29, 0.717) is 50.8 Å². The highest BCUT2D eigenvalue weighted by Gasteiger charge is 2.39. The van der Waals surface area contributed by atoms with Crippen molar-refractivity contribution in [3.05, 3.63) is 59.8 Å². The molecule has 5 nitrogen and oxygen atoms in total. The van der Waals surface area contributed by atoms with Crippen LogP contribution in [-0.4, -0.2) is 35.3 Å². The lowest BCUT2D eigenvalue weighted by atomic mass is 9.87. The van der Waals surface area contributed by atoms with Gasteiger partial charge in [0.05, 0.1) is 6.26 Å². The Morgan fingerprint density at radius 2 is 2.14 bits per heavy atom. The second kappa shape index (κ2) is 7.78. The number of rotatable bonds is 6. The summed E-state index contributed by atoms with van der Waals surface area (Å²) in [7, 11) is 0. The Balaban J connectivity index is 1.36. The van der Waals surface area contributed by atoms with Crippen LogP contribution in [0.3, 0.4) is 0 Å². The normalized spacial score (nSPS) is 24.5. The Bertz CT molecular complexity index is 851. The molecule has 2 aromatic rings. The minimum absolute atomic E-state index is 0.0276. The van der Waals surface area contributed by atoms with E-state index in [2.05, 4.69) is 5.32 Å². The van der Waals surface area contributed by atoms with Crippen LogP contribution < -0.4 is 5.32 Å². The first-order valence-corrected chi connectivity index (χ1v) is 9.90. The molecule has 2 aliphatic rings. The third kappa shape index (κ3) is 3.96. The maximum absolute atomic E-state index is 14.0. The molecule has 3 heterocycles. The number of benzene rings is 1. The molecule has 4 rings (SSSR count). The lowest BCUT2D eigenvalue weighted by Gasteiger charge is -2.29. The Kier molecular flexibility index (Phi) is 5.20. The zero-order valence-corrected chi connectivity index (χ0v) is 15.8. The van der Waals surface area contributed by atoms with Gasteiger partial charge in [0.25, 0.3) is 0 Å². The van der Waals surface area contributed by atoms with E-state index in [0.717, 1.165) is 12.2 Å². The molecule has 2 amide bonds. The summed E-state index contributed by atoms with van der Waals surface area (Å²) in [6, 6.07) is 10.5. The number of likely N-dealkylation sites (tertiary alicyclic amines) is 1. The second-order valence-corrected chi connectivity index (χ2v) is 7.93. The molecule has 0 spiro atoms. The summed E-state index contributed by atoms with van der Waals surface area (Å²) in [6.07, 6.45) is 5.13. The summed E-state index contributed by atoms with van der Waals surface area (Å²) >= 11 is 0. The second-order valence-electron chi connectivity index (χ2n) is 7.93. The van der Waals surface area contributed by atoms with Crippen molar-refractivity contribution in [2.45, 2.75) is 50.0 Å². The largest absolute Gasteiger partial charge is 0.469 e. The predicted octanol–water partition coefficient (Wildman–Crippen LogP) is 3.41. The molecule has 2 aliphatic heterocycles. The van der Waals surface area contributed by atoms with Gasteiger partial charge in [0.2, 0.25) is 11.8 Å². The van der Waals surface area contributed by atoms with Crippen molar-refractivity contribution in [1.29, 1.82) is 0 Å². The number of carbonyl (C=O) groups is 2. The molecule has 6 heteroatoms. The highest BCUT2D eigenvalue weighted by molar-refractivity contribution is 5.80. The summed E-state index contributed by atoms with van der Waals surface area (Å²) in [5, 5.41) is 3.07. The fourth-order valence-corrected chi connectivity index (χ4v) is 4.48. The molecule has 2 unspecified atom stereocenters. The van der Waals surface area contributed by atoms with E-state index in [9.17, 15) is 14.0 Å². The Labute approximate surface area is 163 Å². The average molecular weight is 384 g/mol. The molecule has 1 aromatic heterocycles. The van der Waals surface area contributed by atoms with Crippen LogP contribution in [0.4, 0.5) is 4.39 Å². The average Bonchev–Trinajstić information content (AvgIpc) is 3.43. The van der Waals surface area contributed by atoms with Crippen LogP contribution in [0.15, 0.2) is 47.1 Å². The number of nitrogens with zero attached hydrogens (tertiary/aromatic N) is 1.